The summed E-state index contributed by atoms with van der Waals surface area (Å²) in [4.78, 5) is 13.3. The Hall–Kier alpha value is -0.830. The van der Waals surface area contributed by atoms with Gasteiger partial charge in [-0.05, 0) is 25.8 Å². The molecule has 0 aromatic carbocycles. The van der Waals surface area contributed by atoms with Gasteiger partial charge in [0, 0.05) is 20.0 Å². The van der Waals surface area contributed by atoms with Crippen molar-refractivity contribution < 1.29 is 4.79 Å². The van der Waals surface area contributed by atoms with Gasteiger partial charge in [-0.1, -0.05) is 19.1 Å². The summed E-state index contributed by atoms with van der Waals surface area (Å²) in [5.41, 5.74) is 6.48. The molecule has 0 radical (unpaired) electrons. The van der Waals surface area contributed by atoms with Gasteiger partial charge in [-0.25, -0.2) is 0 Å². The topological polar surface area (TPSA) is 46.3 Å². The highest BCUT2D eigenvalue weighted by Crippen LogP contribution is 2.06. The monoisotopic (exact) mass is 198 g/mol. The zero-order valence-electron chi connectivity index (χ0n) is 9.55. The quantitative estimate of drug-likeness (QED) is 0.656. The highest BCUT2D eigenvalue weighted by atomic mass is 16.2. The highest BCUT2D eigenvalue weighted by Gasteiger charge is 2.09. The van der Waals surface area contributed by atoms with Crippen molar-refractivity contribution >= 4 is 5.91 Å². The van der Waals surface area contributed by atoms with Gasteiger partial charge in [0.25, 0.3) is 0 Å². The van der Waals surface area contributed by atoms with Crippen LogP contribution in [0.5, 0.6) is 0 Å². The lowest BCUT2D eigenvalue weighted by molar-refractivity contribution is -0.129. The van der Waals surface area contributed by atoms with E-state index in [0.29, 0.717) is 25.4 Å². The van der Waals surface area contributed by atoms with Crippen LogP contribution in [0.15, 0.2) is 12.2 Å². The zero-order chi connectivity index (χ0) is 11.1. The Bertz CT molecular complexity index is 201. The smallest absolute Gasteiger partial charge is 0.222 e. The van der Waals surface area contributed by atoms with E-state index in [9.17, 15) is 4.79 Å². The number of carbonyl (C=O) groups excluding carboxylic acids is 1. The Morgan fingerprint density at radius 1 is 1.57 bits per heavy atom. The molecule has 1 amide bonds. The maximum Gasteiger partial charge on any atom is 0.222 e. The third kappa shape index (κ3) is 5.75. The predicted molar refractivity (Wildman–Crippen MR) is 59.9 cm³/mol. The van der Waals surface area contributed by atoms with Crippen molar-refractivity contribution in [3.63, 3.8) is 0 Å². The molecule has 0 aromatic rings. The fraction of sp³-hybridized carbons (Fsp3) is 0.727. The van der Waals surface area contributed by atoms with Crippen molar-refractivity contribution in [3.05, 3.63) is 12.2 Å². The third-order valence-corrected chi connectivity index (χ3v) is 2.19. The molecular formula is C11H22N2O. The summed E-state index contributed by atoms with van der Waals surface area (Å²) in [6.45, 7) is 9.06. The molecule has 0 fully saturated rings. The Kier molecular flexibility index (Phi) is 6.21. The number of hydrogen-bond acceptors (Lipinski definition) is 2. The lowest BCUT2D eigenvalue weighted by Crippen LogP contribution is -2.28. The van der Waals surface area contributed by atoms with Crippen LogP contribution in [-0.2, 0) is 4.79 Å². The van der Waals surface area contributed by atoms with Crippen LogP contribution in [0.25, 0.3) is 0 Å². The van der Waals surface area contributed by atoms with E-state index >= 15 is 0 Å². The van der Waals surface area contributed by atoms with Crippen molar-refractivity contribution in [1.29, 1.82) is 0 Å². The molecule has 1 atom stereocenters. The van der Waals surface area contributed by atoms with E-state index in [-0.39, 0.29) is 5.91 Å². The molecule has 0 aliphatic carbocycles. The molecule has 0 bridgehead atoms. The number of nitrogens with two attached hydrogens (primary N) is 1. The van der Waals surface area contributed by atoms with E-state index in [1.54, 1.807) is 4.90 Å². The third-order valence-electron chi connectivity index (χ3n) is 2.19. The van der Waals surface area contributed by atoms with Crippen LogP contribution in [0.1, 0.15) is 26.7 Å². The number of nitrogens with zero attached hydrogens (tertiary/aromatic N) is 1. The van der Waals surface area contributed by atoms with E-state index in [2.05, 4.69) is 13.5 Å². The number of hydrogen-bond donors (Lipinski definition) is 1. The largest absolute Gasteiger partial charge is 0.342 e. The van der Waals surface area contributed by atoms with Gasteiger partial charge in [-0.2, -0.15) is 0 Å². The molecule has 0 rings (SSSR count). The number of amides is 1. The maximum atomic E-state index is 11.5. The van der Waals surface area contributed by atoms with Gasteiger partial charge < -0.3 is 10.6 Å². The fourth-order valence-corrected chi connectivity index (χ4v) is 1.17. The van der Waals surface area contributed by atoms with Gasteiger partial charge in [0.15, 0.2) is 0 Å². The minimum Gasteiger partial charge on any atom is -0.342 e. The van der Waals surface area contributed by atoms with Crippen molar-refractivity contribution in [2.45, 2.75) is 26.7 Å². The van der Waals surface area contributed by atoms with E-state index < -0.39 is 0 Å². The van der Waals surface area contributed by atoms with E-state index in [0.717, 1.165) is 12.0 Å². The molecule has 0 saturated carbocycles. The molecule has 2 N–H and O–H groups in total. The zero-order valence-corrected chi connectivity index (χ0v) is 9.55. The summed E-state index contributed by atoms with van der Waals surface area (Å²) < 4.78 is 0. The van der Waals surface area contributed by atoms with Crippen molar-refractivity contribution in [2.24, 2.45) is 11.7 Å². The number of likely N-dealkylation sites (N-methyl/N-ethyl adjacent to an activating group) is 1. The predicted octanol–water partition coefficient (Wildman–Crippen LogP) is 1.40. The van der Waals surface area contributed by atoms with Crippen LogP contribution < -0.4 is 5.73 Å². The second-order valence-electron chi connectivity index (χ2n) is 4.09. The second-order valence-corrected chi connectivity index (χ2v) is 4.09. The van der Waals surface area contributed by atoms with Gasteiger partial charge in [-0.15, -0.1) is 0 Å². The Morgan fingerprint density at radius 2 is 2.14 bits per heavy atom. The van der Waals surface area contributed by atoms with E-state index in [1.807, 2.05) is 14.0 Å². The lowest BCUT2D eigenvalue weighted by Gasteiger charge is -2.18. The van der Waals surface area contributed by atoms with Crippen LogP contribution in [0.3, 0.4) is 0 Å². The first-order chi connectivity index (χ1) is 6.47. The first kappa shape index (κ1) is 13.2. The van der Waals surface area contributed by atoms with Crippen LogP contribution in [0.2, 0.25) is 0 Å². The highest BCUT2D eigenvalue weighted by molar-refractivity contribution is 5.76. The molecule has 82 valence electrons. The molecule has 14 heavy (non-hydrogen) atoms. The van der Waals surface area contributed by atoms with Gasteiger partial charge in [0.05, 0.1) is 0 Å². The van der Waals surface area contributed by atoms with E-state index in [1.165, 1.54) is 0 Å². The molecule has 0 spiro atoms. The molecule has 0 aliphatic heterocycles. The van der Waals surface area contributed by atoms with E-state index in [4.69, 9.17) is 5.73 Å². The van der Waals surface area contributed by atoms with Crippen molar-refractivity contribution in [1.82, 2.24) is 4.90 Å². The standard InChI is InChI=1S/C11H22N2O/c1-9(2)8-13(4)11(14)6-5-10(3)7-12/h10H,1,5-8,12H2,2-4H3. The Morgan fingerprint density at radius 3 is 2.57 bits per heavy atom. The summed E-state index contributed by atoms with van der Waals surface area (Å²) in [6, 6.07) is 0. The van der Waals surface area contributed by atoms with Gasteiger partial charge in [0.1, 0.15) is 0 Å². The molecular weight excluding hydrogens is 176 g/mol. The second kappa shape index (κ2) is 6.60. The average Bonchev–Trinajstić information content (AvgIpc) is 2.12. The molecule has 3 nitrogen and oxygen atoms in total. The molecule has 1 unspecified atom stereocenters. The minimum absolute atomic E-state index is 0.174. The van der Waals surface area contributed by atoms with Crippen LogP contribution >= 0.6 is 0 Å². The van der Waals surface area contributed by atoms with Crippen molar-refractivity contribution in [2.75, 3.05) is 20.1 Å². The van der Waals surface area contributed by atoms with Crippen LogP contribution in [0, 0.1) is 5.92 Å². The Labute approximate surface area is 87.0 Å². The average molecular weight is 198 g/mol. The minimum atomic E-state index is 0.174. The molecule has 0 heterocycles. The molecule has 0 saturated heterocycles. The maximum absolute atomic E-state index is 11.5. The first-order valence-electron chi connectivity index (χ1n) is 5.05. The SMILES string of the molecule is C=C(C)CN(C)C(=O)CCC(C)CN. The number of rotatable bonds is 6. The number of carbonyl (C=O) groups is 1. The summed E-state index contributed by atoms with van der Waals surface area (Å²) in [5.74, 6) is 0.602. The van der Waals surface area contributed by atoms with Crippen molar-refractivity contribution in [3.8, 4) is 0 Å². The lowest BCUT2D eigenvalue weighted by atomic mass is 10.1. The van der Waals surface area contributed by atoms with Crippen LogP contribution in [-0.4, -0.2) is 30.9 Å². The summed E-state index contributed by atoms with van der Waals surface area (Å²) in [7, 11) is 1.81. The molecule has 0 aromatic heterocycles. The van der Waals surface area contributed by atoms with Crippen LogP contribution in [0.4, 0.5) is 0 Å². The summed E-state index contributed by atoms with van der Waals surface area (Å²) in [6.07, 6.45) is 1.46. The van der Waals surface area contributed by atoms with Gasteiger partial charge in [-0.3, -0.25) is 4.79 Å². The Balaban J connectivity index is 3.78. The molecule has 3 heteroatoms. The molecule has 0 aliphatic rings. The summed E-state index contributed by atoms with van der Waals surface area (Å²) in [5, 5.41) is 0. The normalized spacial score (nSPS) is 12.3. The van der Waals surface area contributed by atoms with Gasteiger partial charge in [0.2, 0.25) is 5.91 Å². The fourth-order valence-electron chi connectivity index (χ4n) is 1.17. The summed E-state index contributed by atoms with van der Waals surface area (Å²) >= 11 is 0. The van der Waals surface area contributed by atoms with Gasteiger partial charge >= 0.3 is 0 Å². The first-order valence-corrected chi connectivity index (χ1v) is 5.05.